The SMILES string of the molecule is CCC(C)c1nc(C2(N)CCCCC2)cs1. The van der Waals surface area contributed by atoms with E-state index in [-0.39, 0.29) is 5.54 Å². The van der Waals surface area contributed by atoms with E-state index in [1.165, 1.54) is 24.3 Å². The van der Waals surface area contributed by atoms with E-state index in [4.69, 9.17) is 10.7 Å². The van der Waals surface area contributed by atoms with Gasteiger partial charge in [-0.05, 0) is 19.3 Å². The molecule has 0 aliphatic heterocycles. The number of nitrogens with zero attached hydrogens (tertiary/aromatic N) is 1. The Hall–Kier alpha value is -0.410. The highest BCUT2D eigenvalue weighted by atomic mass is 32.1. The van der Waals surface area contributed by atoms with Crippen molar-refractivity contribution < 1.29 is 0 Å². The first-order chi connectivity index (χ1) is 7.65. The van der Waals surface area contributed by atoms with Gasteiger partial charge in [-0.3, -0.25) is 0 Å². The zero-order valence-electron chi connectivity index (χ0n) is 10.3. The number of nitrogens with two attached hydrogens (primary N) is 1. The van der Waals surface area contributed by atoms with Crippen LogP contribution in [0.3, 0.4) is 0 Å². The van der Waals surface area contributed by atoms with E-state index in [0.717, 1.165) is 25.0 Å². The molecule has 1 unspecified atom stereocenters. The first-order valence-corrected chi connectivity index (χ1v) is 7.28. The maximum Gasteiger partial charge on any atom is 0.0957 e. The molecule has 0 spiro atoms. The lowest BCUT2D eigenvalue weighted by molar-refractivity contribution is 0.295. The number of rotatable bonds is 3. The van der Waals surface area contributed by atoms with Crippen LogP contribution in [-0.4, -0.2) is 4.98 Å². The van der Waals surface area contributed by atoms with Crippen LogP contribution in [0.1, 0.15) is 69.0 Å². The summed E-state index contributed by atoms with van der Waals surface area (Å²) in [4.78, 5) is 4.77. The average Bonchev–Trinajstić information content (AvgIpc) is 2.79. The van der Waals surface area contributed by atoms with Gasteiger partial charge in [0, 0.05) is 11.3 Å². The summed E-state index contributed by atoms with van der Waals surface area (Å²) in [5.74, 6) is 0.575. The Morgan fingerprint density at radius 2 is 2.12 bits per heavy atom. The van der Waals surface area contributed by atoms with Gasteiger partial charge >= 0.3 is 0 Å². The quantitative estimate of drug-likeness (QED) is 0.870. The molecule has 3 heteroatoms. The number of aromatic nitrogens is 1. The van der Waals surface area contributed by atoms with Gasteiger partial charge in [-0.2, -0.15) is 0 Å². The van der Waals surface area contributed by atoms with Gasteiger partial charge in [-0.25, -0.2) is 4.98 Å². The molecule has 16 heavy (non-hydrogen) atoms. The van der Waals surface area contributed by atoms with Crippen LogP contribution in [0.5, 0.6) is 0 Å². The number of thiazole rings is 1. The van der Waals surface area contributed by atoms with E-state index >= 15 is 0 Å². The second-order valence-electron chi connectivity index (χ2n) is 5.10. The van der Waals surface area contributed by atoms with Crippen molar-refractivity contribution >= 4 is 11.3 Å². The van der Waals surface area contributed by atoms with Gasteiger partial charge in [-0.1, -0.05) is 33.1 Å². The van der Waals surface area contributed by atoms with Crippen molar-refractivity contribution in [1.29, 1.82) is 0 Å². The minimum Gasteiger partial charge on any atom is -0.320 e. The van der Waals surface area contributed by atoms with E-state index in [1.807, 2.05) is 0 Å². The molecule has 90 valence electrons. The molecule has 0 bridgehead atoms. The molecular weight excluding hydrogens is 216 g/mol. The van der Waals surface area contributed by atoms with Crippen LogP contribution in [0.25, 0.3) is 0 Å². The fourth-order valence-electron chi connectivity index (χ4n) is 2.36. The van der Waals surface area contributed by atoms with E-state index in [9.17, 15) is 0 Å². The van der Waals surface area contributed by atoms with E-state index in [1.54, 1.807) is 11.3 Å². The summed E-state index contributed by atoms with van der Waals surface area (Å²) in [6, 6.07) is 0. The summed E-state index contributed by atoms with van der Waals surface area (Å²) in [6.07, 6.45) is 7.22. The molecule has 1 aromatic heterocycles. The van der Waals surface area contributed by atoms with E-state index in [2.05, 4.69) is 19.2 Å². The fourth-order valence-corrected chi connectivity index (χ4v) is 3.43. The smallest absolute Gasteiger partial charge is 0.0957 e. The highest BCUT2D eigenvalue weighted by Gasteiger charge is 2.31. The van der Waals surface area contributed by atoms with Gasteiger partial charge in [0.1, 0.15) is 0 Å². The van der Waals surface area contributed by atoms with Crippen molar-refractivity contribution in [3.05, 3.63) is 16.1 Å². The molecule has 0 saturated heterocycles. The van der Waals surface area contributed by atoms with Gasteiger partial charge in [0.2, 0.25) is 0 Å². The lowest BCUT2D eigenvalue weighted by Crippen LogP contribution is -2.38. The van der Waals surface area contributed by atoms with Crippen LogP contribution in [-0.2, 0) is 5.54 Å². The topological polar surface area (TPSA) is 38.9 Å². The van der Waals surface area contributed by atoms with Gasteiger partial charge in [0.05, 0.1) is 16.2 Å². The molecule has 0 amide bonds. The Bertz CT molecular complexity index is 339. The molecule has 1 fully saturated rings. The van der Waals surface area contributed by atoms with Crippen LogP contribution in [0.15, 0.2) is 5.38 Å². The number of hydrogen-bond acceptors (Lipinski definition) is 3. The largest absolute Gasteiger partial charge is 0.320 e. The minimum absolute atomic E-state index is 0.125. The van der Waals surface area contributed by atoms with Crippen LogP contribution >= 0.6 is 11.3 Å². The second-order valence-corrected chi connectivity index (χ2v) is 5.99. The molecular formula is C13H22N2S. The maximum absolute atomic E-state index is 6.48. The van der Waals surface area contributed by atoms with Gasteiger partial charge < -0.3 is 5.73 Å². The van der Waals surface area contributed by atoms with Crippen molar-refractivity contribution in [2.45, 2.75) is 63.8 Å². The third-order valence-corrected chi connectivity index (χ3v) is 4.89. The third-order valence-electron chi connectivity index (χ3n) is 3.81. The molecule has 1 aliphatic rings. The minimum atomic E-state index is -0.125. The van der Waals surface area contributed by atoms with Gasteiger partial charge in [0.25, 0.3) is 0 Å². The molecule has 1 aliphatic carbocycles. The van der Waals surface area contributed by atoms with Crippen molar-refractivity contribution in [2.75, 3.05) is 0 Å². The summed E-state index contributed by atoms with van der Waals surface area (Å²) in [5, 5.41) is 3.44. The third kappa shape index (κ3) is 2.30. The number of hydrogen-bond donors (Lipinski definition) is 1. The summed E-state index contributed by atoms with van der Waals surface area (Å²) in [5.41, 5.74) is 7.50. The van der Waals surface area contributed by atoms with Crippen LogP contribution in [0.4, 0.5) is 0 Å². The van der Waals surface area contributed by atoms with Gasteiger partial charge in [-0.15, -0.1) is 11.3 Å². The molecule has 2 N–H and O–H groups in total. The average molecular weight is 238 g/mol. The first-order valence-electron chi connectivity index (χ1n) is 6.40. The maximum atomic E-state index is 6.48. The van der Waals surface area contributed by atoms with Crippen LogP contribution in [0.2, 0.25) is 0 Å². The van der Waals surface area contributed by atoms with Gasteiger partial charge in [0.15, 0.2) is 0 Å². The Kier molecular flexibility index (Phi) is 3.65. The second kappa shape index (κ2) is 4.84. The fraction of sp³-hybridized carbons (Fsp3) is 0.769. The normalized spacial score (nSPS) is 21.9. The highest BCUT2D eigenvalue weighted by Crippen LogP contribution is 2.36. The molecule has 1 aromatic rings. The van der Waals surface area contributed by atoms with Crippen LogP contribution in [0, 0.1) is 0 Å². The summed E-state index contributed by atoms with van der Waals surface area (Å²) >= 11 is 1.78. The zero-order valence-corrected chi connectivity index (χ0v) is 11.1. The molecule has 1 saturated carbocycles. The molecule has 0 aromatic carbocycles. The summed E-state index contributed by atoms with van der Waals surface area (Å²) in [6.45, 7) is 4.46. The molecule has 1 atom stereocenters. The predicted molar refractivity (Wildman–Crippen MR) is 69.8 cm³/mol. The summed E-state index contributed by atoms with van der Waals surface area (Å²) < 4.78 is 0. The first kappa shape index (κ1) is 12.1. The Balaban J connectivity index is 2.17. The van der Waals surface area contributed by atoms with E-state index < -0.39 is 0 Å². The Labute approximate surface area is 102 Å². The van der Waals surface area contributed by atoms with Crippen molar-refractivity contribution in [3.63, 3.8) is 0 Å². The molecule has 0 radical (unpaired) electrons. The van der Waals surface area contributed by atoms with E-state index in [0.29, 0.717) is 5.92 Å². The highest BCUT2D eigenvalue weighted by molar-refractivity contribution is 7.09. The van der Waals surface area contributed by atoms with Crippen LogP contribution < -0.4 is 5.73 Å². The Morgan fingerprint density at radius 3 is 2.75 bits per heavy atom. The van der Waals surface area contributed by atoms with Crippen molar-refractivity contribution in [1.82, 2.24) is 4.98 Å². The monoisotopic (exact) mass is 238 g/mol. The Morgan fingerprint density at radius 1 is 1.44 bits per heavy atom. The molecule has 2 rings (SSSR count). The lowest BCUT2D eigenvalue weighted by Gasteiger charge is -2.31. The molecule has 1 heterocycles. The molecule has 2 nitrogen and oxygen atoms in total. The lowest BCUT2D eigenvalue weighted by atomic mass is 9.80. The zero-order chi connectivity index (χ0) is 11.6. The van der Waals surface area contributed by atoms with Crippen molar-refractivity contribution in [2.24, 2.45) is 5.73 Å². The standard InChI is InChI=1S/C13H22N2S/c1-3-10(2)12-15-11(9-16-12)13(14)7-5-4-6-8-13/h9-10H,3-8,14H2,1-2H3. The predicted octanol–water partition coefficient (Wildman–Crippen LogP) is 3.77. The summed E-state index contributed by atoms with van der Waals surface area (Å²) in [7, 11) is 0. The van der Waals surface area contributed by atoms with Crippen molar-refractivity contribution in [3.8, 4) is 0 Å².